The lowest BCUT2D eigenvalue weighted by Crippen LogP contribution is -1.96. The lowest BCUT2D eigenvalue weighted by Gasteiger charge is -2.03. The number of benzene rings is 1. The Balaban J connectivity index is 2.51. The van der Waals surface area contributed by atoms with E-state index in [1.165, 1.54) is 0 Å². The molecule has 2 heterocycles. The fourth-order valence-electron chi connectivity index (χ4n) is 1.85. The Morgan fingerprint density at radius 1 is 0.889 bits per heavy atom. The highest BCUT2D eigenvalue weighted by Crippen LogP contribution is 2.17. The molecule has 0 spiro atoms. The van der Waals surface area contributed by atoms with E-state index in [1.807, 2.05) is 34.9 Å². The molecular formula is C11H8N4S3. The second-order valence-electron chi connectivity index (χ2n) is 3.73. The van der Waals surface area contributed by atoms with Crippen LogP contribution in [0, 0.1) is 14.2 Å². The van der Waals surface area contributed by atoms with Gasteiger partial charge in [-0.05, 0) is 36.6 Å². The number of para-hydroxylation sites is 1. The summed E-state index contributed by atoms with van der Waals surface area (Å²) < 4.78 is 3.48. The van der Waals surface area contributed by atoms with E-state index in [1.54, 1.807) is 0 Å². The fourth-order valence-corrected chi connectivity index (χ4v) is 2.66. The molecular weight excluding hydrogens is 284 g/mol. The average molecular weight is 292 g/mol. The third-order valence-electron chi connectivity index (χ3n) is 2.60. The van der Waals surface area contributed by atoms with Gasteiger partial charge in [0.15, 0.2) is 9.54 Å². The van der Waals surface area contributed by atoms with E-state index >= 15 is 0 Å². The van der Waals surface area contributed by atoms with Crippen LogP contribution in [0.4, 0.5) is 0 Å². The lowest BCUT2D eigenvalue weighted by molar-refractivity contribution is 1.03. The molecule has 0 unspecified atom stereocenters. The molecule has 3 aromatic rings. The van der Waals surface area contributed by atoms with Crippen LogP contribution in [0.1, 0.15) is 0 Å². The Labute approximate surface area is 117 Å². The minimum atomic E-state index is 0.478. The minimum Gasteiger partial charge on any atom is -0.327 e. The van der Waals surface area contributed by atoms with E-state index < -0.39 is 0 Å². The molecule has 0 saturated heterocycles. The predicted octanol–water partition coefficient (Wildman–Crippen LogP) is 3.80. The number of aromatic nitrogens is 4. The van der Waals surface area contributed by atoms with Crippen LogP contribution in [0.15, 0.2) is 30.3 Å². The quantitative estimate of drug-likeness (QED) is 0.598. The number of hydrogen-bond donors (Lipinski definition) is 3. The van der Waals surface area contributed by atoms with E-state index in [-0.39, 0.29) is 0 Å². The maximum Gasteiger partial charge on any atom is 0.184 e. The first-order valence-electron chi connectivity index (χ1n) is 5.19. The Hall–Kier alpha value is -1.57. The van der Waals surface area contributed by atoms with Crippen LogP contribution < -0.4 is 0 Å². The number of aromatic amines is 3. The van der Waals surface area contributed by atoms with Crippen molar-refractivity contribution in [2.24, 2.45) is 0 Å². The molecule has 1 aromatic carbocycles. The molecule has 4 nitrogen and oxygen atoms in total. The van der Waals surface area contributed by atoms with Gasteiger partial charge in [0.2, 0.25) is 0 Å². The average Bonchev–Trinajstić information content (AvgIpc) is 2.67. The zero-order chi connectivity index (χ0) is 12.7. The van der Waals surface area contributed by atoms with Crippen molar-refractivity contribution in [3.8, 4) is 5.69 Å². The van der Waals surface area contributed by atoms with Crippen molar-refractivity contribution < 1.29 is 0 Å². The summed E-state index contributed by atoms with van der Waals surface area (Å²) in [7, 11) is 0. The molecule has 0 aliphatic heterocycles. The normalized spacial score (nSPS) is 10.9. The van der Waals surface area contributed by atoms with Gasteiger partial charge in [0.25, 0.3) is 0 Å². The van der Waals surface area contributed by atoms with Gasteiger partial charge in [0.1, 0.15) is 15.8 Å². The van der Waals surface area contributed by atoms with Crippen molar-refractivity contribution in [2.45, 2.75) is 0 Å². The molecule has 0 saturated carbocycles. The highest BCUT2D eigenvalue weighted by atomic mass is 32.1. The Kier molecular flexibility index (Phi) is 2.73. The molecule has 3 rings (SSSR count). The molecule has 0 fully saturated rings. The van der Waals surface area contributed by atoms with E-state index in [2.05, 4.69) is 15.0 Å². The molecule has 0 radical (unpaired) electrons. The zero-order valence-electron chi connectivity index (χ0n) is 9.06. The van der Waals surface area contributed by atoms with Crippen LogP contribution in [0.5, 0.6) is 0 Å². The Bertz CT molecular complexity index is 882. The van der Waals surface area contributed by atoms with Crippen molar-refractivity contribution in [1.29, 1.82) is 0 Å². The van der Waals surface area contributed by atoms with Crippen molar-refractivity contribution >= 4 is 47.8 Å². The van der Waals surface area contributed by atoms with Crippen molar-refractivity contribution in [1.82, 2.24) is 19.5 Å². The third-order valence-corrected chi connectivity index (χ3v) is 3.39. The van der Waals surface area contributed by atoms with Gasteiger partial charge in [-0.15, -0.1) is 0 Å². The minimum absolute atomic E-state index is 0.478. The third kappa shape index (κ3) is 1.76. The van der Waals surface area contributed by atoms with Crippen LogP contribution in [0.2, 0.25) is 0 Å². The van der Waals surface area contributed by atoms with Crippen molar-refractivity contribution in [3.05, 3.63) is 44.5 Å². The van der Waals surface area contributed by atoms with Crippen LogP contribution in [0.3, 0.4) is 0 Å². The zero-order valence-corrected chi connectivity index (χ0v) is 11.5. The molecule has 0 atom stereocenters. The number of imidazole rings is 1. The van der Waals surface area contributed by atoms with Crippen LogP contribution in [0.25, 0.3) is 16.9 Å². The summed E-state index contributed by atoms with van der Waals surface area (Å²) in [4.78, 5) is 9.05. The first kappa shape index (κ1) is 11.5. The number of nitrogens with zero attached hydrogens (tertiary/aromatic N) is 1. The summed E-state index contributed by atoms with van der Waals surface area (Å²) in [5, 5.41) is 0. The van der Waals surface area contributed by atoms with Gasteiger partial charge in [-0.2, -0.15) is 0 Å². The Morgan fingerprint density at radius 2 is 1.61 bits per heavy atom. The van der Waals surface area contributed by atoms with Crippen LogP contribution >= 0.6 is 36.7 Å². The fraction of sp³-hybridized carbons (Fsp3) is 0. The van der Waals surface area contributed by atoms with Crippen molar-refractivity contribution in [3.63, 3.8) is 0 Å². The summed E-state index contributed by atoms with van der Waals surface area (Å²) in [5.41, 5.74) is 2.49. The molecule has 3 N–H and O–H groups in total. The monoisotopic (exact) mass is 292 g/mol. The van der Waals surface area contributed by atoms with Gasteiger partial charge >= 0.3 is 0 Å². The predicted molar refractivity (Wildman–Crippen MR) is 78.8 cm³/mol. The molecule has 0 aliphatic carbocycles. The smallest absolute Gasteiger partial charge is 0.184 e. The molecule has 90 valence electrons. The second-order valence-corrected chi connectivity index (χ2v) is 4.94. The Morgan fingerprint density at radius 3 is 2.33 bits per heavy atom. The molecule has 2 aromatic heterocycles. The molecule has 0 bridgehead atoms. The number of H-pyrrole nitrogens is 3. The van der Waals surface area contributed by atoms with E-state index in [4.69, 9.17) is 36.7 Å². The van der Waals surface area contributed by atoms with Gasteiger partial charge in [-0.1, -0.05) is 30.4 Å². The van der Waals surface area contributed by atoms with E-state index in [0.29, 0.717) is 14.2 Å². The van der Waals surface area contributed by atoms with E-state index in [9.17, 15) is 0 Å². The standard InChI is InChI=1S/C11H8N4S3/c16-9-7-8(13-10(17)14-9)15(11(18)12-7)6-4-2-1-3-5-6/h1-5H,(H,12,18)(H2,13,14,16,17). The van der Waals surface area contributed by atoms with Crippen LogP contribution in [-0.4, -0.2) is 19.5 Å². The van der Waals surface area contributed by atoms with Gasteiger partial charge in [-0.3, -0.25) is 4.57 Å². The summed E-state index contributed by atoms with van der Waals surface area (Å²) in [6.45, 7) is 0. The summed E-state index contributed by atoms with van der Waals surface area (Å²) in [6, 6.07) is 9.80. The molecule has 7 heteroatoms. The highest BCUT2D eigenvalue weighted by Gasteiger charge is 2.07. The van der Waals surface area contributed by atoms with Crippen LogP contribution in [-0.2, 0) is 0 Å². The van der Waals surface area contributed by atoms with E-state index in [0.717, 1.165) is 16.9 Å². The summed E-state index contributed by atoms with van der Waals surface area (Å²) in [5.74, 6) is 0. The van der Waals surface area contributed by atoms with Gasteiger partial charge < -0.3 is 15.0 Å². The number of hydrogen-bond acceptors (Lipinski definition) is 3. The SMILES string of the molecule is S=c1[nH]c(=S)c2[nH]c(=S)n(-c3ccccc3)c2[nH]1. The van der Waals surface area contributed by atoms with Gasteiger partial charge in [-0.25, -0.2) is 0 Å². The maximum absolute atomic E-state index is 5.33. The van der Waals surface area contributed by atoms with Gasteiger partial charge in [0, 0.05) is 5.69 Å². The first-order valence-corrected chi connectivity index (χ1v) is 6.42. The summed E-state index contributed by atoms with van der Waals surface area (Å²) in [6.07, 6.45) is 0. The molecule has 18 heavy (non-hydrogen) atoms. The molecule has 0 amide bonds. The largest absolute Gasteiger partial charge is 0.327 e. The van der Waals surface area contributed by atoms with Gasteiger partial charge in [0.05, 0.1) is 0 Å². The number of rotatable bonds is 1. The number of fused-ring (bicyclic) bond motifs is 1. The first-order chi connectivity index (χ1) is 8.66. The lowest BCUT2D eigenvalue weighted by atomic mass is 10.3. The summed E-state index contributed by atoms with van der Waals surface area (Å²) >= 11 is 15.7. The maximum atomic E-state index is 5.33. The second kappa shape index (κ2) is 4.27. The van der Waals surface area contributed by atoms with Crippen molar-refractivity contribution in [2.75, 3.05) is 0 Å². The number of nitrogens with one attached hydrogen (secondary N) is 3. The molecule has 0 aliphatic rings. The highest BCUT2D eigenvalue weighted by molar-refractivity contribution is 7.72. The topological polar surface area (TPSA) is 52.3 Å².